The van der Waals surface area contributed by atoms with E-state index in [2.05, 4.69) is 5.16 Å². The van der Waals surface area contributed by atoms with Crippen molar-refractivity contribution < 1.29 is 9.32 Å². The molecule has 0 radical (unpaired) electrons. The quantitative estimate of drug-likeness (QED) is 0.835. The van der Waals surface area contributed by atoms with Gasteiger partial charge in [-0.15, -0.1) is 0 Å². The normalized spacial score (nSPS) is 30.1. The molecule has 0 spiro atoms. The minimum atomic E-state index is 0.210. The van der Waals surface area contributed by atoms with Crippen LogP contribution in [-0.2, 0) is 11.2 Å². The lowest BCUT2D eigenvalue weighted by atomic mass is 10.2. The van der Waals surface area contributed by atoms with Gasteiger partial charge in [-0.25, -0.2) is 0 Å². The van der Waals surface area contributed by atoms with E-state index in [0.29, 0.717) is 23.6 Å². The van der Waals surface area contributed by atoms with Crippen molar-refractivity contribution in [2.75, 3.05) is 12.3 Å². The van der Waals surface area contributed by atoms with E-state index in [1.54, 1.807) is 0 Å². The molecule has 18 heavy (non-hydrogen) atoms. The summed E-state index contributed by atoms with van der Waals surface area (Å²) >= 11 is 2.01. The maximum atomic E-state index is 12.2. The topological polar surface area (TPSA) is 46.3 Å². The van der Waals surface area contributed by atoms with Gasteiger partial charge in [0.2, 0.25) is 5.91 Å². The predicted molar refractivity (Wildman–Crippen MR) is 68.5 cm³/mol. The maximum Gasteiger partial charge on any atom is 0.230 e. The molecule has 4 rings (SSSR count). The summed E-state index contributed by atoms with van der Waals surface area (Å²) < 4.78 is 5.27. The number of hydrogen-bond acceptors (Lipinski definition) is 4. The summed E-state index contributed by atoms with van der Waals surface area (Å²) in [7, 11) is 0. The van der Waals surface area contributed by atoms with Crippen LogP contribution in [-0.4, -0.2) is 39.6 Å². The van der Waals surface area contributed by atoms with Crippen LogP contribution in [0.5, 0.6) is 0 Å². The van der Waals surface area contributed by atoms with Gasteiger partial charge in [-0.05, 0) is 19.3 Å². The molecule has 5 heteroatoms. The van der Waals surface area contributed by atoms with Gasteiger partial charge in [-0.1, -0.05) is 5.16 Å². The van der Waals surface area contributed by atoms with Crippen molar-refractivity contribution in [3.63, 3.8) is 0 Å². The molecule has 96 valence electrons. The number of likely N-dealkylation sites (tertiary alicyclic amines) is 1. The first-order chi connectivity index (χ1) is 8.79. The highest BCUT2D eigenvalue weighted by Gasteiger charge is 2.41. The molecule has 1 amide bonds. The van der Waals surface area contributed by atoms with Gasteiger partial charge >= 0.3 is 0 Å². The molecule has 1 saturated carbocycles. The molecule has 4 nitrogen and oxygen atoms in total. The van der Waals surface area contributed by atoms with Crippen LogP contribution in [0.15, 0.2) is 10.6 Å². The fraction of sp³-hybridized carbons (Fsp3) is 0.692. The molecule has 1 aromatic heterocycles. The molecular weight excluding hydrogens is 248 g/mol. The number of carbonyl (C=O) groups excluding carboxylic acids is 1. The summed E-state index contributed by atoms with van der Waals surface area (Å²) in [4.78, 5) is 14.3. The van der Waals surface area contributed by atoms with E-state index in [-0.39, 0.29) is 5.91 Å². The van der Waals surface area contributed by atoms with Gasteiger partial charge in [0, 0.05) is 35.6 Å². The number of aromatic nitrogens is 1. The monoisotopic (exact) mass is 264 g/mol. The Morgan fingerprint density at radius 3 is 3.11 bits per heavy atom. The zero-order valence-corrected chi connectivity index (χ0v) is 11.0. The van der Waals surface area contributed by atoms with Crippen molar-refractivity contribution in [1.29, 1.82) is 0 Å². The summed E-state index contributed by atoms with van der Waals surface area (Å²) in [5.74, 6) is 2.65. The summed E-state index contributed by atoms with van der Waals surface area (Å²) in [6.07, 6.45) is 3.99. The van der Waals surface area contributed by atoms with E-state index in [1.165, 1.54) is 19.3 Å². The molecule has 2 bridgehead atoms. The molecule has 2 atom stereocenters. The van der Waals surface area contributed by atoms with Gasteiger partial charge < -0.3 is 9.42 Å². The number of carbonyl (C=O) groups is 1. The van der Waals surface area contributed by atoms with Crippen LogP contribution >= 0.6 is 11.8 Å². The lowest BCUT2D eigenvalue weighted by Gasteiger charge is -2.26. The van der Waals surface area contributed by atoms with E-state index < -0.39 is 0 Å². The molecule has 1 aliphatic carbocycles. The van der Waals surface area contributed by atoms with Crippen LogP contribution < -0.4 is 0 Å². The standard InChI is InChI=1S/C13H16N2O2S/c16-13(15-6-11-3-9(15)7-18-11)5-10-4-12(14-17-10)8-1-2-8/h4,8-9,11H,1-3,5-7H2/t9-,11-/m0/s1. The largest absolute Gasteiger partial charge is 0.361 e. The Kier molecular flexibility index (Phi) is 2.43. The van der Waals surface area contributed by atoms with Crippen molar-refractivity contribution in [2.45, 2.75) is 42.9 Å². The second-order valence-corrected chi connectivity index (χ2v) is 6.89. The zero-order valence-electron chi connectivity index (χ0n) is 10.2. The highest BCUT2D eigenvalue weighted by atomic mass is 32.2. The first-order valence-corrected chi connectivity index (χ1v) is 7.71. The molecule has 0 unspecified atom stereocenters. The molecular formula is C13H16N2O2S. The van der Waals surface area contributed by atoms with Crippen LogP contribution in [0.4, 0.5) is 0 Å². The molecule has 2 saturated heterocycles. The number of hydrogen-bond donors (Lipinski definition) is 0. The second-order valence-electron chi connectivity index (χ2n) is 5.56. The Morgan fingerprint density at radius 2 is 2.44 bits per heavy atom. The van der Waals surface area contributed by atoms with E-state index >= 15 is 0 Å². The zero-order chi connectivity index (χ0) is 12.1. The number of fused-ring (bicyclic) bond motifs is 2. The summed E-state index contributed by atoms with van der Waals surface area (Å²) in [6.45, 7) is 0.928. The smallest absolute Gasteiger partial charge is 0.230 e. The Balaban J connectivity index is 1.42. The lowest BCUT2D eigenvalue weighted by molar-refractivity contribution is -0.131. The van der Waals surface area contributed by atoms with Crippen LogP contribution in [0.1, 0.15) is 36.6 Å². The Morgan fingerprint density at radius 1 is 1.56 bits per heavy atom. The van der Waals surface area contributed by atoms with Gasteiger partial charge in [-0.3, -0.25) is 4.79 Å². The maximum absolute atomic E-state index is 12.2. The number of rotatable bonds is 3. The van der Waals surface area contributed by atoms with Crippen molar-refractivity contribution in [1.82, 2.24) is 10.1 Å². The SMILES string of the molecule is O=C(Cc1cc(C2CC2)no1)N1C[C@@H]2C[C@H]1CS2. The minimum Gasteiger partial charge on any atom is -0.361 e. The van der Waals surface area contributed by atoms with Crippen molar-refractivity contribution in [3.05, 3.63) is 17.5 Å². The van der Waals surface area contributed by atoms with Gasteiger partial charge in [0.1, 0.15) is 5.76 Å². The number of amides is 1. The second kappa shape index (κ2) is 4.02. The third-order valence-electron chi connectivity index (χ3n) is 4.12. The van der Waals surface area contributed by atoms with Crippen molar-refractivity contribution in [3.8, 4) is 0 Å². The summed E-state index contributed by atoms with van der Waals surface area (Å²) in [6, 6.07) is 2.44. The molecule has 0 aromatic carbocycles. The highest BCUT2D eigenvalue weighted by Crippen LogP contribution is 2.40. The van der Waals surface area contributed by atoms with E-state index in [9.17, 15) is 4.79 Å². The van der Waals surface area contributed by atoms with Gasteiger partial charge in [0.25, 0.3) is 0 Å². The predicted octanol–water partition coefficient (Wildman–Crippen LogP) is 1.81. The molecule has 3 fully saturated rings. The van der Waals surface area contributed by atoms with Gasteiger partial charge in [-0.2, -0.15) is 11.8 Å². The fourth-order valence-corrected chi connectivity index (χ4v) is 4.37. The van der Waals surface area contributed by atoms with Gasteiger partial charge in [0.05, 0.1) is 12.1 Å². The van der Waals surface area contributed by atoms with Crippen molar-refractivity contribution in [2.24, 2.45) is 0 Å². The van der Waals surface area contributed by atoms with Crippen LogP contribution in [0.2, 0.25) is 0 Å². The third kappa shape index (κ3) is 1.85. The highest BCUT2D eigenvalue weighted by molar-refractivity contribution is 8.00. The average molecular weight is 264 g/mol. The van der Waals surface area contributed by atoms with Crippen LogP contribution in [0, 0.1) is 0 Å². The van der Waals surface area contributed by atoms with E-state index in [1.807, 2.05) is 22.7 Å². The number of nitrogens with zero attached hydrogens (tertiary/aromatic N) is 2. The van der Waals surface area contributed by atoms with E-state index in [0.717, 1.165) is 23.8 Å². The first-order valence-electron chi connectivity index (χ1n) is 6.66. The Labute approximate surface area is 110 Å². The Bertz CT molecular complexity index is 483. The Hall–Kier alpha value is -0.970. The molecule has 2 aliphatic heterocycles. The summed E-state index contributed by atoms with van der Waals surface area (Å²) in [5.41, 5.74) is 1.04. The lowest BCUT2D eigenvalue weighted by Crippen LogP contribution is -2.40. The molecule has 3 heterocycles. The molecule has 3 aliphatic rings. The number of thioether (sulfide) groups is 1. The third-order valence-corrected chi connectivity index (χ3v) is 5.51. The van der Waals surface area contributed by atoms with E-state index in [4.69, 9.17) is 4.52 Å². The first kappa shape index (κ1) is 10.9. The minimum absolute atomic E-state index is 0.210. The van der Waals surface area contributed by atoms with Crippen LogP contribution in [0.3, 0.4) is 0 Å². The van der Waals surface area contributed by atoms with Gasteiger partial charge in [0.15, 0.2) is 0 Å². The summed E-state index contributed by atoms with van der Waals surface area (Å²) in [5, 5.41) is 4.73. The average Bonchev–Trinajstić information content (AvgIpc) is 2.82. The van der Waals surface area contributed by atoms with Crippen molar-refractivity contribution >= 4 is 17.7 Å². The van der Waals surface area contributed by atoms with Crippen LogP contribution in [0.25, 0.3) is 0 Å². The fourth-order valence-electron chi connectivity index (χ4n) is 2.94. The molecule has 1 aromatic rings. The molecule has 0 N–H and O–H groups in total.